The first kappa shape index (κ1) is 11.3. The molecule has 2 aromatic heterocycles. The number of fused-ring (bicyclic) bond motifs is 1. The Morgan fingerprint density at radius 2 is 2.17 bits per heavy atom. The Morgan fingerprint density at radius 3 is 3.00 bits per heavy atom. The molecule has 0 radical (unpaired) electrons. The number of aryl methyl sites for hydroxylation is 2. The van der Waals surface area contributed by atoms with E-state index in [-0.39, 0.29) is 5.92 Å². The Bertz CT molecular complexity index is 570. The van der Waals surface area contributed by atoms with Crippen LogP contribution < -0.4 is 0 Å². The average Bonchev–Trinajstić information content (AvgIpc) is 2.82. The smallest absolute Gasteiger partial charge is 0.125 e. The molecule has 2 unspecified atom stereocenters. The van der Waals surface area contributed by atoms with Gasteiger partial charge >= 0.3 is 0 Å². The van der Waals surface area contributed by atoms with Gasteiger partial charge in [0.25, 0.3) is 0 Å². The summed E-state index contributed by atoms with van der Waals surface area (Å²) in [6, 6.07) is 5.81. The number of hydrogen-bond acceptors (Lipinski definition) is 4. The summed E-state index contributed by atoms with van der Waals surface area (Å²) < 4.78 is 0. The van der Waals surface area contributed by atoms with Crippen LogP contribution in [-0.2, 0) is 6.42 Å². The van der Waals surface area contributed by atoms with Crippen LogP contribution in [0.2, 0.25) is 0 Å². The van der Waals surface area contributed by atoms with Gasteiger partial charge in [-0.3, -0.25) is 4.98 Å². The molecule has 3 rings (SSSR count). The van der Waals surface area contributed by atoms with E-state index in [1.54, 1.807) is 18.5 Å². The molecule has 92 valence electrons. The first-order chi connectivity index (χ1) is 8.75. The molecule has 0 spiro atoms. The molecule has 0 bridgehead atoms. The van der Waals surface area contributed by atoms with E-state index in [2.05, 4.69) is 21.0 Å². The summed E-state index contributed by atoms with van der Waals surface area (Å²) in [6.07, 6.45) is 4.79. The van der Waals surface area contributed by atoms with Gasteiger partial charge in [-0.25, -0.2) is 9.97 Å². The van der Waals surface area contributed by atoms with Gasteiger partial charge in [0, 0.05) is 24.0 Å². The SMILES string of the molecule is Cc1nccc(C(O)C2CCc3cccnc32)n1. The Hall–Kier alpha value is -1.81. The van der Waals surface area contributed by atoms with Gasteiger partial charge in [-0.2, -0.15) is 0 Å². The molecule has 4 heteroatoms. The number of aliphatic hydroxyl groups is 1. The molecule has 0 amide bonds. The normalized spacial score (nSPS) is 19.6. The predicted octanol–water partition coefficient (Wildman–Crippen LogP) is 1.94. The van der Waals surface area contributed by atoms with E-state index >= 15 is 0 Å². The Morgan fingerprint density at radius 1 is 1.28 bits per heavy atom. The van der Waals surface area contributed by atoms with Crippen molar-refractivity contribution in [1.29, 1.82) is 0 Å². The molecule has 0 aliphatic heterocycles. The van der Waals surface area contributed by atoms with Gasteiger partial charge < -0.3 is 5.11 Å². The minimum Gasteiger partial charge on any atom is -0.386 e. The minimum absolute atomic E-state index is 0.0514. The number of nitrogens with zero attached hydrogens (tertiary/aromatic N) is 3. The maximum Gasteiger partial charge on any atom is 0.125 e. The Kier molecular flexibility index (Phi) is 2.80. The van der Waals surface area contributed by atoms with Crippen molar-refractivity contribution in [1.82, 2.24) is 15.0 Å². The van der Waals surface area contributed by atoms with E-state index in [0.717, 1.165) is 18.5 Å². The molecule has 0 saturated heterocycles. The van der Waals surface area contributed by atoms with Crippen LogP contribution in [0.25, 0.3) is 0 Å². The lowest BCUT2D eigenvalue weighted by atomic mass is 9.97. The van der Waals surface area contributed by atoms with Crippen molar-refractivity contribution in [3.05, 3.63) is 53.4 Å². The molecule has 0 aromatic carbocycles. The van der Waals surface area contributed by atoms with Crippen LogP contribution in [0.5, 0.6) is 0 Å². The van der Waals surface area contributed by atoms with Crippen molar-refractivity contribution in [2.75, 3.05) is 0 Å². The van der Waals surface area contributed by atoms with Crippen molar-refractivity contribution in [2.24, 2.45) is 0 Å². The summed E-state index contributed by atoms with van der Waals surface area (Å²) in [7, 11) is 0. The van der Waals surface area contributed by atoms with Crippen LogP contribution >= 0.6 is 0 Å². The maximum atomic E-state index is 10.5. The van der Waals surface area contributed by atoms with E-state index in [4.69, 9.17) is 0 Å². The highest BCUT2D eigenvalue weighted by molar-refractivity contribution is 5.31. The van der Waals surface area contributed by atoms with E-state index in [9.17, 15) is 5.11 Å². The molecule has 18 heavy (non-hydrogen) atoms. The fraction of sp³-hybridized carbons (Fsp3) is 0.357. The number of rotatable bonds is 2. The van der Waals surface area contributed by atoms with Gasteiger partial charge in [0.1, 0.15) is 11.9 Å². The number of pyridine rings is 1. The molecule has 2 atom stereocenters. The molecule has 1 N–H and O–H groups in total. The minimum atomic E-state index is -0.595. The zero-order chi connectivity index (χ0) is 12.5. The lowest BCUT2D eigenvalue weighted by Crippen LogP contribution is -2.11. The highest BCUT2D eigenvalue weighted by Crippen LogP contribution is 2.39. The fourth-order valence-electron chi connectivity index (χ4n) is 2.60. The number of aliphatic hydroxyl groups excluding tert-OH is 1. The standard InChI is InChI=1S/C14H15N3O/c1-9-15-8-6-12(17-9)14(18)11-5-4-10-3-2-7-16-13(10)11/h2-3,6-8,11,14,18H,4-5H2,1H3. The van der Waals surface area contributed by atoms with E-state index in [1.807, 2.05) is 13.0 Å². The highest BCUT2D eigenvalue weighted by Gasteiger charge is 2.31. The lowest BCUT2D eigenvalue weighted by Gasteiger charge is -2.17. The first-order valence-electron chi connectivity index (χ1n) is 6.17. The number of hydrogen-bond donors (Lipinski definition) is 1. The molecular weight excluding hydrogens is 226 g/mol. The van der Waals surface area contributed by atoms with Gasteiger partial charge in [0.05, 0.1) is 5.69 Å². The largest absolute Gasteiger partial charge is 0.386 e. The molecule has 0 saturated carbocycles. The van der Waals surface area contributed by atoms with Gasteiger partial charge in [-0.15, -0.1) is 0 Å². The maximum absolute atomic E-state index is 10.5. The van der Waals surface area contributed by atoms with Gasteiger partial charge in [0.15, 0.2) is 0 Å². The second kappa shape index (κ2) is 4.46. The average molecular weight is 241 g/mol. The third-order valence-corrected chi connectivity index (χ3v) is 3.48. The third kappa shape index (κ3) is 1.88. The quantitative estimate of drug-likeness (QED) is 0.873. The summed E-state index contributed by atoms with van der Waals surface area (Å²) in [4.78, 5) is 12.8. The van der Waals surface area contributed by atoms with Crippen LogP contribution in [0.15, 0.2) is 30.6 Å². The van der Waals surface area contributed by atoms with Crippen LogP contribution in [0.3, 0.4) is 0 Å². The van der Waals surface area contributed by atoms with E-state index in [1.165, 1.54) is 5.56 Å². The Labute approximate surface area is 106 Å². The van der Waals surface area contributed by atoms with E-state index < -0.39 is 6.10 Å². The van der Waals surface area contributed by atoms with Crippen LogP contribution in [0, 0.1) is 6.92 Å². The lowest BCUT2D eigenvalue weighted by molar-refractivity contribution is 0.138. The summed E-state index contributed by atoms with van der Waals surface area (Å²) in [6.45, 7) is 1.83. The van der Waals surface area contributed by atoms with Crippen LogP contribution in [-0.4, -0.2) is 20.1 Å². The second-order valence-electron chi connectivity index (χ2n) is 4.67. The molecule has 2 heterocycles. The number of aromatic nitrogens is 3. The summed E-state index contributed by atoms with van der Waals surface area (Å²) in [5, 5.41) is 10.5. The topological polar surface area (TPSA) is 58.9 Å². The summed E-state index contributed by atoms with van der Waals surface area (Å²) >= 11 is 0. The van der Waals surface area contributed by atoms with Gasteiger partial charge in [-0.05, 0) is 37.5 Å². The third-order valence-electron chi connectivity index (χ3n) is 3.48. The molecule has 0 fully saturated rings. The highest BCUT2D eigenvalue weighted by atomic mass is 16.3. The van der Waals surface area contributed by atoms with Crippen LogP contribution in [0.4, 0.5) is 0 Å². The van der Waals surface area contributed by atoms with Crippen molar-refractivity contribution in [3.63, 3.8) is 0 Å². The van der Waals surface area contributed by atoms with E-state index in [0.29, 0.717) is 11.5 Å². The van der Waals surface area contributed by atoms with Crippen molar-refractivity contribution < 1.29 is 5.11 Å². The molecule has 4 nitrogen and oxygen atoms in total. The zero-order valence-corrected chi connectivity index (χ0v) is 10.2. The van der Waals surface area contributed by atoms with Crippen molar-refractivity contribution in [2.45, 2.75) is 31.8 Å². The molecule has 1 aliphatic carbocycles. The van der Waals surface area contributed by atoms with Gasteiger partial charge in [0.2, 0.25) is 0 Å². The zero-order valence-electron chi connectivity index (χ0n) is 10.2. The second-order valence-corrected chi connectivity index (χ2v) is 4.67. The molecular formula is C14H15N3O. The van der Waals surface area contributed by atoms with Crippen molar-refractivity contribution >= 4 is 0 Å². The Balaban J connectivity index is 1.93. The summed E-state index contributed by atoms with van der Waals surface area (Å²) in [5.74, 6) is 0.737. The molecule has 2 aromatic rings. The van der Waals surface area contributed by atoms with Crippen molar-refractivity contribution in [3.8, 4) is 0 Å². The molecule has 1 aliphatic rings. The first-order valence-corrected chi connectivity index (χ1v) is 6.17. The monoisotopic (exact) mass is 241 g/mol. The predicted molar refractivity (Wildman–Crippen MR) is 67.0 cm³/mol. The fourth-order valence-corrected chi connectivity index (χ4v) is 2.60. The van der Waals surface area contributed by atoms with Gasteiger partial charge in [-0.1, -0.05) is 6.07 Å². The van der Waals surface area contributed by atoms with Crippen LogP contribution in [0.1, 0.15) is 41.2 Å². The summed E-state index contributed by atoms with van der Waals surface area (Å²) in [5.41, 5.74) is 2.94.